The van der Waals surface area contributed by atoms with Gasteiger partial charge in [0.2, 0.25) is 23.4 Å². The van der Waals surface area contributed by atoms with Gasteiger partial charge < -0.3 is 60.3 Å². The van der Waals surface area contributed by atoms with Crippen LogP contribution in [0.1, 0.15) is 47.5 Å². The summed E-state index contributed by atoms with van der Waals surface area (Å²) in [6.07, 6.45) is -6.28. The number of nitrogens with two attached hydrogens (primary N) is 1. The van der Waals surface area contributed by atoms with Gasteiger partial charge >= 0.3 is 24.0 Å². The van der Waals surface area contributed by atoms with Crippen LogP contribution < -0.4 is 27.0 Å². The van der Waals surface area contributed by atoms with Crippen molar-refractivity contribution in [1.82, 2.24) is 26.2 Å². The molecule has 0 saturated carbocycles. The smallest absolute Gasteiger partial charge is 0.404 e. The summed E-state index contributed by atoms with van der Waals surface area (Å²) in [7, 11) is 1.47. The maximum Gasteiger partial charge on any atom is 0.404 e. The molecule has 3 amide bonds. The van der Waals surface area contributed by atoms with Gasteiger partial charge in [0.1, 0.15) is 25.4 Å². The number of nitrogens with one attached hydrogen (secondary N) is 4. The number of hydrogen-bond acceptors (Lipinski definition) is 17. The van der Waals surface area contributed by atoms with Crippen molar-refractivity contribution in [3.05, 3.63) is 22.5 Å². The van der Waals surface area contributed by atoms with E-state index in [1.54, 1.807) is 4.90 Å². The van der Waals surface area contributed by atoms with E-state index in [4.69, 9.17) is 34.2 Å². The quantitative estimate of drug-likeness (QED) is 0.0405. The second-order valence-electron chi connectivity index (χ2n) is 13.3. The van der Waals surface area contributed by atoms with Gasteiger partial charge in [0.25, 0.3) is 0 Å². The first-order valence-corrected chi connectivity index (χ1v) is 17.0. The lowest BCUT2D eigenvalue weighted by molar-refractivity contribution is -0.228. The second kappa shape index (κ2) is 15.5. The number of ether oxygens (including phenoxy) is 6. The Labute approximate surface area is 303 Å². The fraction of sp³-hybridized carbons (Fsp3) is 0.636. The number of nitrogens with zero attached hydrogens (tertiary/aromatic N) is 1. The van der Waals surface area contributed by atoms with Crippen molar-refractivity contribution in [3.63, 3.8) is 0 Å². The van der Waals surface area contributed by atoms with Gasteiger partial charge in [-0.1, -0.05) is 0 Å². The van der Waals surface area contributed by atoms with Gasteiger partial charge in [-0.2, -0.15) is 0 Å². The fourth-order valence-electron chi connectivity index (χ4n) is 7.65. The van der Waals surface area contributed by atoms with Gasteiger partial charge in [-0.15, -0.1) is 0 Å². The minimum atomic E-state index is -1.35. The highest BCUT2D eigenvalue weighted by molar-refractivity contribution is 6.25. The highest BCUT2D eigenvalue weighted by Gasteiger charge is 2.72. The molecule has 0 spiro atoms. The molecule has 4 heterocycles. The molecule has 0 aromatic carbocycles. The molecular weight excluding hydrogens is 704 g/mol. The van der Waals surface area contributed by atoms with E-state index in [2.05, 4.69) is 21.3 Å². The summed E-state index contributed by atoms with van der Waals surface area (Å²) in [5.74, 6) is -5.09. The minimum absolute atomic E-state index is 0.0290. The Morgan fingerprint density at radius 2 is 1.62 bits per heavy atom. The molecular formula is C33H44N6O14. The summed E-state index contributed by atoms with van der Waals surface area (Å²) in [5, 5.41) is 11.5. The lowest BCUT2D eigenvalue weighted by Gasteiger charge is -2.45. The second-order valence-corrected chi connectivity index (χ2v) is 13.3. The Kier molecular flexibility index (Phi) is 11.4. The predicted octanol–water partition coefficient (Wildman–Crippen LogP) is -2.47. The van der Waals surface area contributed by atoms with Crippen LogP contribution in [0.4, 0.5) is 4.79 Å². The van der Waals surface area contributed by atoms with Crippen molar-refractivity contribution < 1.29 is 66.8 Å². The highest BCUT2D eigenvalue weighted by Crippen LogP contribution is 2.55. The van der Waals surface area contributed by atoms with Crippen LogP contribution in [-0.2, 0) is 62.0 Å². The third-order valence-electron chi connectivity index (χ3n) is 9.73. The number of hydrogen-bond donors (Lipinski definition) is 5. The van der Waals surface area contributed by atoms with Crippen LogP contribution >= 0.6 is 0 Å². The average molecular weight is 749 g/mol. The van der Waals surface area contributed by atoms with E-state index in [0.29, 0.717) is 6.54 Å². The molecule has 0 bridgehead atoms. The number of fused-ring (bicyclic) bond motifs is 4. The molecule has 53 heavy (non-hydrogen) atoms. The monoisotopic (exact) mass is 748 g/mol. The number of piperazine rings is 1. The number of amides is 3. The summed E-state index contributed by atoms with van der Waals surface area (Å²) in [6.45, 7) is 5.81. The third kappa shape index (κ3) is 7.70. The standard InChI is InChI=1S/C33H44N6O14/c1-13-23(27(46)22-18(11-50-32(34)47)33(48-6)30-19(37-30)10-39(33)25(22)26(13)45)35-9-7-8-21(44)38-31-24(36-14(2)40)29(52-17(5)43)28(51-16(4)42)20(53-31)12-49-15(3)41/h18-20,24,28-31,35,37H,7-12H2,1-6H3,(H2,34,47)(H,36,40)(H,38,44)/t18-,19+,20-,24-,28-,29+,30+,31-,33-/m1/s1. The number of ketones is 2. The van der Waals surface area contributed by atoms with E-state index in [1.807, 2.05) is 0 Å². The van der Waals surface area contributed by atoms with Crippen LogP contribution in [0.2, 0.25) is 0 Å². The summed E-state index contributed by atoms with van der Waals surface area (Å²) in [5.41, 5.74) is 4.66. The SMILES string of the molecule is CO[C@@]12[C@H](COC(N)=O)C3=C(C(=O)C(C)=C(NCCCC(=O)N[C@@H]4O[C@H](COC(C)=O)[C@@H](OC(C)=O)[C@@H](OC(C)=O)[C@H]4NC(C)=O)C3=O)N1C[C@@H]1N[C@@H]12. The number of esters is 3. The molecule has 20 nitrogen and oxygen atoms in total. The topological polar surface area (TPSA) is 279 Å². The van der Waals surface area contributed by atoms with Gasteiger partial charge in [0.15, 0.2) is 24.2 Å². The van der Waals surface area contributed by atoms with Crippen molar-refractivity contribution in [3.8, 4) is 0 Å². The zero-order valence-electron chi connectivity index (χ0n) is 30.1. The number of allylic oxidation sites excluding steroid dienone is 2. The van der Waals surface area contributed by atoms with E-state index in [-0.39, 0.29) is 66.4 Å². The Balaban J connectivity index is 1.27. The molecule has 0 aromatic heterocycles. The first kappa shape index (κ1) is 39.1. The predicted molar refractivity (Wildman–Crippen MR) is 175 cm³/mol. The number of rotatable bonds is 14. The van der Waals surface area contributed by atoms with E-state index in [9.17, 15) is 38.4 Å². The Hall–Kier alpha value is -5.08. The number of Topliss-reactive ketones (excluding diaryl/α,β-unsaturated/α-hetero) is 2. The third-order valence-corrected chi connectivity index (χ3v) is 9.73. The van der Waals surface area contributed by atoms with E-state index >= 15 is 0 Å². The number of carbonyl (C=O) groups is 8. The largest absolute Gasteiger partial charge is 0.463 e. The van der Waals surface area contributed by atoms with E-state index < -0.39 is 90.4 Å². The Bertz CT molecular complexity index is 1660. The zero-order valence-corrected chi connectivity index (χ0v) is 30.1. The zero-order chi connectivity index (χ0) is 38.9. The molecule has 0 aromatic rings. The average Bonchev–Trinajstić information content (AvgIpc) is 3.68. The molecule has 6 N–H and O–H groups in total. The van der Waals surface area contributed by atoms with Gasteiger partial charge in [-0.05, 0) is 13.3 Å². The lowest BCUT2D eigenvalue weighted by Crippen LogP contribution is -2.69. The van der Waals surface area contributed by atoms with Crippen molar-refractivity contribution in [2.24, 2.45) is 11.7 Å². The maximum absolute atomic E-state index is 14.0. The molecule has 5 rings (SSSR count). The summed E-state index contributed by atoms with van der Waals surface area (Å²) < 4.78 is 33.0. The van der Waals surface area contributed by atoms with Crippen LogP contribution in [0.5, 0.6) is 0 Å². The van der Waals surface area contributed by atoms with E-state index in [0.717, 1.165) is 20.8 Å². The van der Waals surface area contributed by atoms with Gasteiger partial charge in [-0.25, -0.2) is 4.79 Å². The highest BCUT2D eigenvalue weighted by atomic mass is 16.6. The minimum Gasteiger partial charge on any atom is -0.463 e. The van der Waals surface area contributed by atoms with Crippen LogP contribution in [-0.4, -0.2) is 134 Å². The lowest BCUT2D eigenvalue weighted by atomic mass is 9.82. The number of primary amides is 1. The molecule has 1 aliphatic carbocycles. The van der Waals surface area contributed by atoms with Crippen molar-refractivity contribution in [2.45, 2.75) is 95.9 Å². The first-order chi connectivity index (χ1) is 25.0. The van der Waals surface area contributed by atoms with Crippen LogP contribution in [0.15, 0.2) is 22.5 Å². The molecule has 0 radical (unpaired) electrons. The maximum atomic E-state index is 14.0. The summed E-state index contributed by atoms with van der Waals surface area (Å²) >= 11 is 0. The van der Waals surface area contributed by atoms with Crippen molar-refractivity contribution in [2.75, 3.05) is 33.4 Å². The number of carbonyl (C=O) groups excluding carboxylic acids is 8. The van der Waals surface area contributed by atoms with Crippen molar-refractivity contribution >= 4 is 47.4 Å². The van der Waals surface area contributed by atoms with Gasteiger partial charge in [-0.3, -0.25) is 33.6 Å². The number of methoxy groups -OCH3 is 1. The Morgan fingerprint density at radius 3 is 2.23 bits per heavy atom. The summed E-state index contributed by atoms with van der Waals surface area (Å²) in [6, 6.07) is -1.40. The molecule has 4 aliphatic heterocycles. The normalized spacial score (nSPS) is 31.2. The van der Waals surface area contributed by atoms with Gasteiger partial charge in [0.05, 0.1) is 23.4 Å². The van der Waals surface area contributed by atoms with Crippen molar-refractivity contribution in [1.29, 1.82) is 0 Å². The molecule has 0 unspecified atom stereocenters. The molecule has 3 fully saturated rings. The summed E-state index contributed by atoms with van der Waals surface area (Å²) in [4.78, 5) is 102. The molecule has 5 aliphatic rings. The van der Waals surface area contributed by atoms with Gasteiger partial charge in [0, 0.05) is 71.5 Å². The first-order valence-electron chi connectivity index (χ1n) is 17.0. The van der Waals surface area contributed by atoms with Crippen LogP contribution in [0.3, 0.4) is 0 Å². The fourth-order valence-corrected chi connectivity index (χ4v) is 7.65. The Morgan fingerprint density at radius 1 is 0.943 bits per heavy atom. The van der Waals surface area contributed by atoms with E-state index in [1.165, 1.54) is 21.0 Å². The van der Waals surface area contributed by atoms with Crippen LogP contribution in [0, 0.1) is 5.92 Å². The van der Waals surface area contributed by atoms with Crippen LogP contribution in [0.25, 0.3) is 0 Å². The molecule has 3 saturated heterocycles. The molecule has 20 heteroatoms. The molecule has 9 atom stereocenters. The molecule has 290 valence electrons.